The molecule has 0 amide bonds. The number of nitriles is 1. The normalized spacial score (nSPS) is 10.6. The molecule has 84 valence electrons. The lowest BCUT2D eigenvalue weighted by Gasteiger charge is -2.10. The van der Waals surface area contributed by atoms with Gasteiger partial charge in [0.1, 0.15) is 11.8 Å². The first-order chi connectivity index (χ1) is 7.46. The molecule has 0 atom stereocenters. The van der Waals surface area contributed by atoms with Gasteiger partial charge < -0.3 is 4.74 Å². The molecule has 0 N–H and O–H groups in total. The molecule has 16 heavy (non-hydrogen) atoms. The smallest absolute Gasteiger partial charge is 0.422 e. The second-order valence-electron chi connectivity index (χ2n) is 2.98. The first-order valence-corrected chi connectivity index (χ1v) is 4.32. The number of benzene rings is 1. The van der Waals surface area contributed by atoms with Gasteiger partial charge in [0.2, 0.25) is 0 Å². The highest BCUT2D eigenvalue weighted by Gasteiger charge is 2.28. The number of hydrogen-bond acceptors (Lipinski definition) is 2. The third-order valence-electron chi connectivity index (χ3n) is 1.75. The van der Waals surface area contributed by atoms with E-state index in [2.05, 4.69) is 11.3 Å². The largest absolute Gasteiger partial charge is 0.483 e. The number of alkyl halides is 3. The summed E-state index contributed by atoms with van der Waals surface area (Å²) in [5, 5.41) is 8.67. The average molecular weight is 227 g/mol. The van der Waals surface area contributed by atoms with E-state index in [0.29, 0.717) is 5.56 Å². The molecule has 0 bridgehead atoms. The maximum absolute atomic E-state index is 11.9. The highest BCUT2D eigenvalue weighted by atomic mass is 19.4. The molecule has 0 spiro atoms. The van der Waals surface area contributed by atoms with Crippen molar-refractivity contribution >= 4 is 6.08 Å². The van der Waals surface area contributed by atoms with Gasteiger partial charge in [-0.25, -0.2) is 0 Å². The van der Waals surface area contributed by atoms with Gasteiger partial charge in [0.05, 0.1) is 5.56 Å². The molecule has 0 radical (unpaired) electrons. The monoisotopic (exact) mass is 227 g/mol. The van der Waals surface area contributed by atoms with E-state index in [4.69, 9.17) is 5.26 Å². The van der Waals surface area contributed by atoms with Gasteiger partial charge >= 0.3 is 6.18 Å². The van der Waals surface area contributed by atoms with E-state index in [1.807, 2.05) is 0 Å². The highest BCUT2D eigenvalue weighted by Crippen LogP contribution is 2.23. The van der Waals surface area contributed by atoms with Gasteiger partial charge in [-0.3, -0.25) is 0 Å². The van der Waals surface area contributed by atoms with Crippen molar-refractivity contribution in [3.05, 3.63) is 35.9 Å². The fourth-order valence-corrected chi connectivity index (χ4v) is 1.04. The zero-order chi connectivity index (χ0) is 12.2. The summed E-state index contributed by atoms with van der Waals surface area (Å²) in [4.78, 5) is 0. The van der Waals surface area contributed by atoms with Crippen LogP contribution in [0.2, 0.25) is 0 Å². The number of hydrogen-bond donors (Lipinski definition) is 0. The third-order valence-corrected chi connectivity index (χ3v) is 1.75. The second-order valence-corrected chi connectivity index (χ2v) is 2.98. The van der Waals surface area contributed by atoms with E-state index < -0.39 is 12.8 Å². The Balaban J connectivity index is 2.93. The van der Waals surface area contributed by atoms with E-state index in [9.17, 15) is 13.2 Å². The molecule has 0 heterocycles. The fourth-order valence-electron chi connectivity index (χ4n) is 1.04. The Hall–Kier alpha value is -1.96. The van der Waals surface area contributed by atoms with Gasteiger partial charge in [-0.2, -0.15) is 18.4 Å². The molecule has 1 rings (SSSR count). The SMILES string of the molecule is C=Cc1ccc(C#N)c(OCC(F)(F)F)c1. The lowest BCUT2D eigenvalue weighted by Crippen LogP contribution is -2.19. The van der Waals surface area contributed by atoms with E-state index in [1.54, 1.807) is 12.1 Å². The maximum atomic E-state index is 11.9. The van der Waals surface area contributed by atoms with Crippen molar-refractivity contribution in [3.63, 3.8) is 0 Å². The average Bonchev–Trinajstić information content (AvgIpc) is 2.25. The van der Waals surface area contributed by atoms with Crippen molar-refractivity contribution in [2.45, 2.75) is 6.18 Å². The molecule has 0 aliphatic carbocycles. The van der Waals surface area contributed by atoms with Crippen molar-refractivity contribution in [2.75, 3.05) is 6.61 Å². The summed E-state index contributed by atoms with van der Waals surface area (Å²) in [6, 6.07) is 6.07. The van der Waals surface area contributed by atoms with E-state index in [0.717, 1.165) is 0 Å². The summed E-state index contributed by atoms with van der Waals surface area (Å²) in [5.41, 5.74) is 0.658. The Morgan fingerprint density at radius 2 is 2.12 bits per heavy atom. The molecule has 1 aromatic rings. The highest BCUT2D eigenvalue weighted by molar-refractivity contribution is 5.55. The predicted octanol–water partition coefficient (Wildman–Crippen LogP) is 3.14. The van der Waals surface area contributed by atoms with Crippen LogP contribution in [0.4, 0.5) is 13.2 Å². The van der Waals surface area contributed by atoms with Crippen LogP contribution in [0.5, 0.6) is 5.75 Å². The van der Waals surface area contributed by atoms with E-state index >= 15 is 0 Å². The Kier molecular flexibility index (Phi) is 3.56. The fraction of sp³-hybridized carbons (Fsp3) is 0.182. The number of ether oxygens (including phenoxy) is 1. The molecule has 0 fully saturated rings. The predicted molar refractivity (Wildman–Crippen MR) is 52.8 cm³/mol. The van der Waals surface area contributed by atoms with Gasteiger partial charge in [-0.15, -0.1) is 0 Å². The van der Waals surface area contributed by atoms with Crippen molar-refractivity contribution < 1.29 is 17.9 Å². The Morgan fingerprint density at radius 1 is 1.44 bits per heavy atom. The lowest BCUT2D eigenvalue weighted by atomic mass is 10.1. The van der Waals surface area contributed by atoms with Gasteiger partial charge in [0.15, 0.2) is 6.61 Å². The second kappa shape index (κ2) is 4.71. The van der Waals surface area contributed by atoms with Crippen molar-refractivity contribution in [1.29, 1.82) is 5.26 Å². The summed E-state index contributed by atoms with van der Waals surface area (Å²) < 4.78 is 40.3. The van der Waals surface area contributed by atoms with Gasteiger partial charge in [0.25, 0.3) is 0 Å². The van der Waals surface area contributed by atoms with Gasteiger partial charge in [-0.05, 0) is 17.7 Å². The molecule has 0 aliphatic rings. The molecule has 0 saturated heterocycles. The maximum Gasteiger partial charge on any atom is 0.422 e. The summed E-state index contributed by atoms with van der Waals surface area (Å²) in [5.74, 6) is -0.0859. The standard InChI is InChI=1S/C11H8F3NO/c1-2-8-3-4-9(6-15)10(5-8)16-7-11(12,13)14/h2-5H,1,7H2. The van der Waals surface area contributed by atoms with Crippen LogP contribution in [0.25, 0.3) is 6.08 Å². The van der Waals surface area contributed by atoms with Crippen molar-refractivity contribution in [2.24, 2.45) is 0 Å². The van der Waals surface area contributed by atoms with E-state index in [1.165, 1.54) is 18.2 Å². The first-order valence-electron chi connectivity index (χ1n) is 4.32. The van der Waals surface area contributed by atoms with Crippen LogP contribution in [0.15, 0.2) is 24.8 Å². The Labute approximate surface area is 90.6 Å². The van der Waals surface area contributed by atoms with E-state index in [-0.39, 0.29) is 11.3 Å². The van der Waals surface area contributed by atoms with Gasteiger partial charge in [-0.1, -0.05) is 18.7 Å². The van der Waals surface area contributed by atoms with Crippen LogP contribution in [-0.2, 0) is 0 Å². The van der Waals surface area contributed by atoms with Crippen LogP contribution >= 0.6 is 0 Å². The molecular formula is C11H8F3NO. The Morgan fingerprint density at radius 3 is 2.62 bits per heavy atom. The van der Waals surface area contributed by atoms with Crippen LogP contribution in [0.3, 0.4) is 0 Å². The number of rotatable bonds is 3. The van der Waals surface area contributed by atoms with Crippen molar-refractivity contribution in [3.8, 4) is 11.8 Å². The quantitative estimate of drug-likeness (QED) is 0.794. The molecule has 0 saturated carbocycles. The molecule has 0 aliphatic heterocycles. The summed E-state index contributed by atoms with van der Waals surface area (Å²) in [6.45, 7) is 2.06. The molecule has 1 aromatic carbocycles. The summed E-state index contributed by atoms with van der Waals surface area (Å²) in [7, 11) is 0. The minimum Gasteiger partial charge on any atom is -0.483 e. The van der Waals surface area contributed by atoms with Crippen molar-refractivity contribution in [1.82, 2.24) is 0 Å². The van der Waals surface area contributed by atoms with Gasteiger partial charge in [0, 0.05) is 0 Å². The minimum absolute atomic E-state index is 0.0647. The third kappa shape index (κ3) is 3.31. The molecule has 0 unspecified atom stereocenters. The molecule has 5 heteroatoms. The van der Waals surface area contributed by atoms with Crippen LogP contribution in [0, 0.1) is 11.3 Å². The first kappa shape index (κ1) is 12.1. The molecular weight excluding hydrogens is 219 g/mol. The number of nitrogens with zero attached hydrogens (tertiary/aromatic N) is 1. The summed E-state index contributed by atoms with van der Waals surface area (Å²) in [6.07, 6.45) is -2.96. The molecule has 2 nitrogen and oxygen atoms in total. The van der Waals surface area contributed by atoms with Crippen LogP contribution < -0.4 is 4.74 Å². The lowest BCUT2D eigenvalue weighted by molar-refractivity contribution is -0.153. The summed E-state index contributed by atoms with van der Waals surface area (Å²) >= 11 is 0. The number of halogens is 3. The zero-order valence-corrected chi connectivity index (χ0v) is 8.21. The topological polar surface area (TPSA) is 33.0 Å². The Bertz CT molecular complexity index is 432. The molecule has 0 aromatic heterocycles. The minimum atomic E-state index is -4.42. The van der Waals surface area contributed by atoms with Crippen LogP contribution in [-0.4, -0.2) is 12.8 Å². The zero-order valence-electron chi connectivity index (χ0n) is 8.21. The van der Waals surface area contributed by atoms with Crippen LogP contribution in [0.1, 0.15) is 11.1 Å².